The topological polar surface area (TPSA) is 46.5 Å². The molecular formula is C17H14O3. The second-order valence-electron chi connectivity index (χ2n) is 4.72. The van der Waals surface area contributed by atoms with Gasteiger partial charge >= 0.3 is 5.97 Å². The lowest BCUT2D eigenvalue weighted by molar-refractivity contribution is -0.129. The van der Waals surface area contributed by atoms with Crippen LogP contribution in [-0.2, 0) is 17.8 Å². The number of aliphatic carboxylic acids is 1. The molecule has 20 heavy (non-hydrogen) atoms. The number of carbonyl (C=O) groups is 1. The SMILES string of the molecule is O=C(O)C=c1c(OCc2ccccc2)ccc2c1=CC2. The van der Waals surface area contributed by atoms with Gasteiger partial charge in [0, 0.05) is 11.3 Å². The molecule has 0 amide bonds. The third-order valence-corrected chi connectivity index (χ3v) is 3.37. The predicted octanol–water partition coefficient (Wildman–Crippen LogP) is 1.47. The lowest BCUT2D eigenvalue weighted by Crippen LogP contribution is -2.36. The van der Waals surface area contributed by atoms with E-state index in [-0.39, 0.29) is 0 Å². The molecule has 1 aliphatic rings. The van der Waals surface area contributed by atoms with Crippen molar-refractivity contribution in [2.75, 3.05) is 0 Å². The van der Waals surface area contributed by atoms with Gasteiger partial charge in [-0.3, -0.25) is 0 Å². The van der Waals surface area contributed by atoms with Crippen LogP contribution in [0.5, 0.6) is 5.75 Å². The van der Waals surface area contributed by atoms with E-state index < -0.39 is 5.97 Å². The minimum absolute atomic E-state index is 0.431. The highest BCUT2D eigenvalue weighted by molar-refractivity contribution is 5.98. The summed E-state index contributed by atoms with van der Waals surface area (Å²) in [6.07, 6.45) is 4.14. The van der Waals surface area contributed by atoms with E-state index in [9.17, 15) is 4.79 Å². The average Bonchev–Trinajstić information content (AvgIpc) is 2.40. The predicted molar refractivity (Wildman–Crippen MR) is 76.7 cm³/mol. The summed E-state index contributed by atoms with van der Waals surface area (Å²) in [5.74, 6) is -0.339. The van der Waals surface area contributed by atoms with Crippen LogP contribution in [0.3, 0.4) is 0 Å². The van der Waals surface area contributed by atoms with Crippen LogP contribution >= 0.6 is 0 Å². The molecule has 2 aromatic rings. The molecule has 100 valence electrons. The van der Waals surface area contributed by atoms with Crippen molar-refractivity contribution >= 4 is 18.1 Å². The van der Waals surface area contributed by atoms with Crippen LogP contribution in [0.15, 0.2) is 42.5 Å². The summed E-state index contributed by atoms with van der Waals surface area (Å²) in [5, 5.41) is 10.6. The van der Waals surface area contributed by atoms with Crippen LogP contribution in [0.2, 0.25) is 0 Å². The van der Waals surface area contributed by atoms with Crippen molar-refractivity contribution in [2.45, 2.75) is 13.0 Å². The van der Waals surface area contributed by atoms with Gasteiger partial charge in [-0.15, -0.1) is 0 Å². The van der Waals surface area contributed by atoms with E-state index in [0.29, 0.717) is 17.6 Å². The molecule has 1 N–H and O–H groups in total. The Bertz CT molecular complexity index is 761. The number of carboxylic acid groups (broad SMARTS) is 1. The summed E-state index contributed by atoms with van der Waals surface area (Å²) in [5.41, 5.74) is 2.23. The van der Waals surface area contributed by atoms with E-state index in [1.54, 1.807) is 0 Å². The minimum Gasteiger partial charge on any atom is -0.488 e. The van der Waals surface area contributed by atoms with Gasteiger partial charge in [-0.25, -0.2) is 4.79 Å². The van der Waals surface area contributed by atoms with Crippen LogP contribution in [-0.4, -0.2) is 11.1 Å². The Labute approximate surface area is 116 Å². The molecule has 0 atom stereocenters. The third-order valence-electron chi connectivity index (χ3n) is 3.37. The van der Waals surface area contributed by atoms with Crippen molar-refractivity contribution in [2.24, 2.45) is 0 Å². The summed E-state index contributed by atoms with van der Waals surface area (Å²) in [6.45, 7) is 0.431. The maximum Gasteiger partial charge on any atom is 0.329 e. The smallest absolute Gasteiger partial charge is 0.329 e. The number of ether oxygens (including phenoxy) is 1. The molecule has 3 rings (SSSR count). The van der Waals surface area contributed by atoms with Crippen molar-refractivity contribution in [3.63, 3.8) is 0 Å². The molecule has 1 aliphatic carbocycles. The van der Waals surface area contributed by atoms with E-state index in [2.05, 4.69) is 0 Å². The van der Waals surface area contributed by atoms with E-state index in [0.717, 1.165) is 17.2 Å². The van der Waals surface area contributed by atoms with Crippen molar-refractivity contribution in [3.8, 4) is 5.75 Å². The fraction of sp³-hybridized carbons (Fsp3) is 0.118. The van der Waals surface area contributed by atoms with Gasteiger partial charge in [0.2, 0.25) is 0 Å². The molecular weight excluding hydrogens is 252 g/mol. The third kappa shape index (κ3) is 2.43. The zero-order valence-corrected chi connectivity index (χ0v) is 10.9. The number of fused-ring (bicyclic) bond motifs is 1. The number of hydrogen-bond acceptors (Lipinski definition) is 2. The Balaban J connectivity index is 1.93. The standard InChI is InChI=1S/C17H14O3/c18-17(19)10-15-14-8-6-13(14)7-9-16(15)20-11-12-4-2-1-3-5-12/h1-5,7-10H,6,11H2,(H,18,19). The Morgan fingerprint density at radius 2 is 2.00 bits per heavy atom. The van der Waals surface area contributed by atoms with Gasteiger partial charge in [-0.2, -0.15) is 0 Å². The van der Waals surface area contributed by atoms with Gasteiger partial charge in [0.15, 0.2) is 0 Å². The van der Waals surface area contributed by atoms with E-state index in [1.807, 2.05) is 48.5 Å². The Morgan fingerprint density at radius 3 is 2.65 bits per heavy atom. The van der Waals surface area contributed by atoms with Gasteiger partial charge in [-0.1, -0.05) is 42.5 Å². The largest absolute Gasteiger partial charge is 0.488 e. The average molecular weight is 266 g/mol. The van der Waals surface area contributed by atoms with Crippen LogP contribution in [0.1, 0.15) is 11.1 Å². The molecule has 0 bridgehead atoms. The maximum absolute atomic E-state index is 11.0. The van der Waals surface area contributed by atoms with Crippen LogP contribution < -0.4 is 15.2 Å². The van der Waals surface area contributed by atoms with Crippen molar-refractivity contribution in [3.05, 3.63) is 64.0 Å². The lowest BCUT2D eigenvalue weighted by Gasteiger charge is -2.14. The molecule has 3 heteroatoms. The highest BCUT2D eigenvalue weighted by Crippen LogP contribution is 2.10. The fourth-order valence-corrected chi connectivity index (χ4v) is 2.30. The summed E-state index contributed by atoms with van der Waals surface area (Å²) in [4.78, 5) is 11.0. The first kappa shape index (κ1) is 12.5. The molecule has 0 heterocycles. The quantitative estimate of drug-likeness (QED) is 0.911. The van der Waals surface area contributed by atoms with Crippen molar-refractivity contribution in [1.29, 1.82) is 0 Å². The van der Waals surface area contributed by atoms with Crippen molar-refractivity contribution in [1.82, 2.24) is 0 Å². The summed E-state index contributed by atoms with van der Waals surface area (Å²) in [6, 6.07) is 13.7. The normalized spacial score (nSPS) is 13.1. The number of hydrogen-bond donors (Lipinski definition) is 1. The summed E-state index contributed by atoms with van der Waals surface area (Å²) >= 11 is 0. The highest BCUT2D eigenvalue weighted by Gasteiger charge is 2.10. The first-order valence-electron chi connectivity index (χ1n) is 6.47. The molecule has 0 saturated carbocycles. The van der Waals surface area contributed by atoms with E-state index in [4.69, 9.17) is 9.84 Å². The Morgan fingerprint density at radius 1 is 1.20 bits per heavy atom. The lowest BCUT2D eigenvalue weighted by atomic mass is 9.96. The van der Waals surface area contributed by atoms with Gasteiger partial charge in [0.05, 0.1) is 0 Å². The summed E-state index contributed by atoms with van der Waals surface area (Å²) in [7, 11) is 0. The highest BCUT2D eigenvalue weighted by atomic mass is 16.5. The van der Waals surface area contributed by atoms with E-state index in [1.165, 1.54) is 11.6 Å². The molecule has 0 saturated heterocycles. The monoisotopic (exact) mass is 266 g/mol. The second kappa shape index (κ2) is 5.21. The number of benzene rings is 2. The number of rotatable bonds is 4. The zero-order chi connectivity index (χ0) is 13.9. The molecule has 0 radical (unpaired) electrons. The maximum atomic E-state index is 11.0. The first-order chi connectivity index (χ1) is 9.74. The molecule has 0 unspecified atom stereocenters. The zero-order valence-electron chi connectivity index (χ0n) is 10.9. The second-order valence-corrected chi connectivity index (χ2v) is 4.72. The van der Waals surface area contributed by atoms with Gasteiger partial charge in [0.1, 0.15) is 12.4 Å². The van der Waals surface area contributed by atoms with Gasteiger partial charge in [-0.05, 0) is 28.8 Å². The molecule has 0 aliphatic heterocycles. The minimum atomic E-state index is -0.955. The van der Waals surface area contributed by atoms with Crippen LogP contribution in [0.25, 0.3) is 12.2 Å². The first-order valence-corrected chi connectivity index (χ1v) is 6.47. The van der Waals surface area contributed by atoms with Crippen LogP contribution in [0, 0.1) is 0 Å². The molecule has 0 spiro atoms. The van der Waals surface area contributed by atoms with Gasteiger partial charge in [0.25, 0.3) is 0 Å². The summed E-state index contributed by atoms with van der Waals surface area (Å²) < 4.78 is 5.78. The molecule has 2 aromatic carbocycles. The molecule has 3 nitrogen and oxygen atoms in total. The van der Waals surface area contributed by atoms with Gasteiger partial charge < -0.3 is 9.84 Å². The van der Waals surface area contributed by atoms with E-state index >= 15 is 0 Å². The number of carboxylic acids is 1. The molecule has 0 fully saturated rings. The van der Waals surface area contributed by atoms with Crippen molar-refractivity contribution < 1.29 is 14.6 Å². The molecule has 0 aromatic heterocycles. The fourth-order valence-electron chi connectivity index (χ4n) is 2.30. The Kier molecular flexibility index (Phi) is 3.25. The Hall–Kier alpha value is -2.55. The van der Waals surface area contributed by atoms with Crippen LogP contribution in [0.4, 0.5) is 0 Å².